The van der Waals surface area contributed by atoms with Gasteiger partial charge in [0.1, 0.15) is 0 Å². The Hall–Kier alpha value is -1.73. The molecule has 0 spiro atoms. The Morgan fingerprint density at radius 2 is 1.50 bits per heavy atom. The van der Waals surface area contributed by atoms with Gasteiger partial charge in [0.2, 0.25) is 10.0 Å². The highest BCUT2D eigenvalue weighted by Gasteiger charge is 2.50. The van der Waals surface area contributed by atoms with E-state index >= 15 is 0 Å². The van der Waals surface area contributed by atoms with E-state index in [0.29, 0.717) is 19.4 Å². The molecule has 0 aromatic heterocycles. The summed E-state index contributed by atoms with van der Waals surface area (Å²) < 4.78 is 31.3. The Kier molecular flexibility index (Phi) is 8.22. The van der Waals surface area contributed by atoms with Crippen LogP contribution < -0.4 is 15.5 Å². The van der Waals surface area contributed by atoms with Gasteiger partial charge < -0.3 is 4.43 Å². The quantitative estimate of drug-likeness (QED) is 0.446. The van der Waals surface area contributed by atoms with E-state index in [1.807, 2.05) is 43.3 Å². The van der Waals surface area contributed by atoms with Crippen LogP contribution in [0.2, 0.25) is 5.04 Å². The number of rotatable bonds is 10. The molecular weight excluding hydrogens is 410 g/mol. The van der Waals surface area contributed by atoms with Crippen LogP contribution in [-0.4, -0.2) is 28.6 Å². The minimum Gasteiger partial charge on any atom is -0.407 e. The normalized spacial score (nSPS) is 14.8. The van der Waals surface area contributed by atoms with Crippen molar-refractivity contribution in [1.82, 2.24) is 0 Å². The topological polar surface area (TPSA) is 69.4 Å². The molecule has 2 rings (SSSR count). The van der Waals surface area contributed by atoms with Crippen LogP contribution in [-0.2, 0) is 14.4 Å². The maximum absolute atomic E-state index is 12.2. The highest BCUT2D eigenvalue weighted by molar-refractivity contribution is 7.89. The zero-order valence-electron chi connectivity index (χ0n) is 18.5. The zero-order valence-corrected chi connectivity index (χ0v) is 20.4. The Balaban J connectivity index is 2.45. The number of primary sulfonamides is 1. The van der Waals surface area contributed by atoms with E-state index < -0.39 is 23.6 Å². The van der Waals surface area contributed by atoms with Crippen molar-refractivity contribution < 1.29 is 12.8 Å². The molecule has 2 aromatic rings. The number of allylic oxidation sites excluding steroid dienone is 1. The first-order valence-corrected chi connectivity index (χ1v) is 13.9. The van der Waals surface area contributed by atoms with Crippen molar-refractivity contribution in [3.63, 3.8) is 0 Å². The van der Waals surface area contributed by atoms with E-state index in [1.165, 1.54) is 10.4 Å². The van der Waals surface area contributed by atoms with Crippen LogP contribution in [0.3, 0.4) is 0 Å². The van der Waals surface area contributed by atoms with Crippen molar-refractivity contribution in [2.45, 2.75) is 50.8 Å². The summed E-state index contributed by atoms with van der Waals surface area (Å²) >= 11 is 0. The Morgan fingerprint density at radius 3 is 1.87 bits per heavy atom. The molecule has 0 saturated heterocycles. The van der Waals surface area contributed by atoms with Crippen molar-refractivity contribution in [3.8, 4) is 0 Å². The second-order valence-corrected chi connectivity index (χ2v) is 15.0. The Labute approximate surface area is 183 Å². The summed E-state index contributed by atoms with van der Waals surface area (Å²) in [5.41, 5.74) is 0. The molecule has 0 amide bonds. The molecule has 2 unspecified atom stereocenters. The molecule has 0 bridgehead atoms. The SMILES string of the molecule is C=CCC(C)C(CCO[Si](c1ccccc1)(c1ccccc1)C(C)(C)C)S(N)(=O)=O. The van der Waals surface area contributed by atoms with E-state index in [-0.39, 0.29) is 11.0 Å². The smallest absolute Gasteiger partial charge is 0.261 e. The van der Waals surface area contributed by atoms with Crippen molar-refractivity contribution in [1.29, 1.82) is 0 Å². The van der Waals surface area contributed by atoms with Crippen LogP contribution in [0.15, 0.2) is 73.3 Å². The average Bonchev–Trinajstić information content (AvgIpc) is 2.67. The van der Waals surface area contributed by atoms with E-state index in [9.17, 15) is 8.42 Å². The van der Waals surface area contributed by atoms with Gasteiger partial charge in [-0.2, -0.15) is 0 Å². The fraction of sp³-hybridized carbons (Fsp3) is 0.417. The number of nitrogens with two attached hydrogens (primary N) is 1. The molecule has 2 N–H and O–H groups in total. The molecule has 0 saturated carbocycles. The summed E-state index contributed by atoms with van der Waals surface area (Å²) in [5.74, 6) is -0.111. The predicted molar refractivity (Wildman–Crippen MR) is 129 cm³/mol. The van der Waals surface area contributed by atoms with Crippen molar-refractivity contribution in [2.75, 3.05) is 6.61 Å². The molecule has 0 aliphatic rings. The summed E-state index contributed by atoms with van der Waals surface area (Å²) in [6.45, 7) is 12.6. The molecule has 2 aromatic carbocycles. The van der Waals surface area contributed by atoms with Crippen LogP contribution >= 0.6 is 0 Å². The molecule has 30 heavy (non-hydrogen) atoms. The Bertz CT molecular complexity index is 869. The molecule has 0 heterocycles. The molecule has 0 aliphatic carbocycles. The minimum absolute atomic E-state index is 0.111. The predicted octanol–water partition coefficient (Wildman–Crippen LogP) is 3.82. The molecule has 0 radical (unpaired) electrons. The number of benzene rings is 2. The first kappa shape index (κ1) is 24.5. The van der Waals surface area contributed by atoms with Crippen LogP contribution in [0.5, 0.6) is 0 Å². The van der Waals surface area contributed by atoms with Crippen molar-refractivity contribution in [2.24, 2.45) is 11.1 Å². The third-order valence-electron chi connectivity index (χ3n) is 5.73. The van der Waals surface area contributed by atoms with Crippen molar-refractivity contribution in [3.05, 3.63) is 73.3 Å². The first-order valence-electron chi connectivity index (χ1n) is 10.4. The molecule has 6 heteroatoms. The fourth-order valence-electron chi connectivity index (χ4n) is 4.28. The fourth-order valence-corrected chi connectivity index (χ4v) is 10.0. The van der Waals surface area contributed by atoms with Gasteiger partial charge in [0.15, 0.2) is 0 Å². The minimum atomic E-state index is -3.68. The second-order valence-electron chi connectivity index (χ2n) is 8.93. The van der Waals surface area contributed by atoms with Crippen LogP contribution in [0.1, 0.15) is 40.5 Å². The number of sulfonamides is 1. The van der Waals surface area contributed by atoms with Crippen molar-refractivity contribution >= 4 is 28.7 Å². The van der Waals surface area contributed by atoms with Gasteiger partial charge in [0.25, 0.3) is 8.32 Å². The first-order chi connectivity index (χ1) is 14.0. The average molecular weight is 446 g/mol. The van der Waals surface area contributed by atoms with Gasteiger partial charge in [-0.3, -0.25) is 0 Å². The lowest BCUT2D eigenvalue weighted by atomic mass is 10.0. The van der Waals surface area contributed by atoms with E-state index in [4.69, 9.17) is 9.56 Å². The van der Waals surface area contributed by atoms with Gasteiger partial charge in [-0.15, -0.1) is 6.58 Å². The van der Waals surface area contributed by atoms with Gasteiger partial charge in [0, 0.05) is 6.61 Å². The highest BCUT2D eigenvalue weighted by Crippen LogP contribution is 2.37. The summed E-state index contributed by atoms with van der Waals surface area (Å²) in [5, 5.41) is 7.10. The number of hydrogen-bond acceptors (Lipinski definition) is 3. The van der Waals surface area contributed by atoms with E-state index in [2.05, 4.69) is 51.6 Å². The lowest BCUT2D eigenvalue weighted by Gasteiger charge is -2.43. The number of hydrogen-bond donors (Lipinski definition) is 1. The monoisotopic (exact) mass is 445 g/mol. The standard InChI is InChI=1S/C24H35NO3SSi/c1-6-13-20(2)23(29(25,26)27)18-19-28-30(24(3,4)5,21-14-9-7-10-15-21)22-16-11-8-12-17-22/h6-12,14-17,20,23H,1,13,18-19H2,2-5H3,(H2,25,26,27). The maximum Gasteiger partial charge on any atom is 0.261 e. The van der Waals surface area contributed by atoms with E-state index in [0.717, 1.165) is 0 Å². The Morgan fingerprint density at radius 1 is 1.03 bits per heavy atom. The summed E-state index contributed by atoms with van der Waals surface area (Å²) in [7, 11) is -6.37. The lowest BCUT2D eigenvalue weighted by Crippen LogP contribution is -2.66. The summed E-state index contributed by atoms with van der Waals surface area (Å²) in [4.78, 5) is 0. The van der Waals surface area contributed by atoms with Gasteiger partial charge in [-0.25, -0.2) is 13.6 Å². The van der Waals surface area contributed by atoms with Gasteiger partial charge in [0.05, 0.1) is 5.25 Å². The largest absolute Gasteiger partial charge is 0.407 e. The van der Waals surface area contributed by atoms with Gasteiger partial charge in [-0.05, 0) is 34.2 Å². The third-order valence-corrected chi connectivity index (χ3v) is 12.3. The molecule has 4 nitrogen and oxygen atoms in total. The molecular formula is C24H35NO3SSi. The zero-order chi connectivity index (χ0) is 22.4. The molecule has 164 valence electrons. The van der Waals surface area contributed by atoms with Gasteiger partial charge >= 0.3 is 0 Å². The second kappa shape index (κ2) is 10.0. The third kappa shape index (κ3) is 5.49. The van der Waals surface area contributed by atoms with Crippen LogP contribution in [0, 0.1) is 5.92 Å². The molecule has 0 fully saturated rings. The lowest BCUT2D eigenvalue weighted by molar-refractivity contribution is 0.279. The van der Waals surface area contributed by atoms with Gasteiger partial charge in [-0.1, -0.05) is 94.4 Å². The summed E-state index contributed by atoms with van der Waals surface area (Å²) in [6, 6.07) is 20.7. The summed E-state index contributed by atoms with van der Waals surface area (Å²) in [6.07, 6.45) is 2.70. The highest BCUT2D eigenvalue weighted by atomic mass is 32.2. The maximum atomic E-state index is 12.2. The molecule has 2 atom stereocenters. The van der Waals surface area contributed by atoms with E-state index in [1.54, 1.807) is 6.08 Å². The van der Waals surface area contributed by atoms with Crippen LogP contribution in [0.4, 0.5) is 0 Å². The van der Waals surface area contributed by atoms with Crippen LogP contribution in [0.25, 0.3) is 0 Å². The molecule has 0 aliphatic heterocycles.